The van der Waals surface area contributed by atoms with Crippen LogP contribution in [0.3, 0.4) is 0 Å². The number of benzene rings is 2. The van der Waals surface area contributed by atoms with E-state index >= 15 is 0 Å². The molecule has 0 saturated heterocycles. The van der Waals surface area contributed by atoms with E-state index in [1.807, 2.05) is 36.4 Å². The smallest absolute Gasteiger partial charge is 0.193 e. The lowest BCUT2D eigenvalue weighted by Crippen LogP contribution is -2.02. The predicted octanol–water partition coefficient (Wildman–Crippen LogP) is 5.04. The summed E-state index contributed by atoms with van der Waals surface area (Å²) < 4.78 is 1.14. The van der Waals surface area contributed by atoms with Gasteiger partial charge in [0.15, 0.2) is 5.78 Å². The predicted molar refractivity (Wildman–Crippen MR) is 87.7 cm³/mol. The Balaban J connectivity index is 2.22. The summed E-state index contributed by atoms with van der Waals surface area (Å²) in [6.07, 6.45) is 1.12. The maximum Gasteiger partial charge on any atom is 0.193 e. The molecular formula is C17H17IO. The fourth-order valence-corrected chi connectivity index (χ4v) is 2.33. The Morgan fingerprint density at radius 3 is 1.95 bits per heavy atom. The molecule has 0 aliphatic heterocycles. The molecule has 0 aromatic heterocycles. The minimum absolute atomic E-state index is 0.0899. The van der Waals surface area contributed by atoms with Crippen molar-refractivity contribution in [3.8, 4) is 0 Å². The van der Waals surface area contributed by atoms with Crippen LogP contribution in [0.2, 0.25) is 0 Å². The molecule has 0 saturated carbocycles. The van der Waals surface area contributed by atoms with Crippen molar-refractivity contribution in [2.24, 2.45) is 0 Å². The molecule has 1 nitrogen and oxygen atoms in total. The second kappa shape index (κ2) is 6.33. The van der Waals surface area contributed by atoms with E-state index in [1.165, 1.54) is 5.56 Å². The minimum atomic E-state index is 0.0899. The highest BCUT2D eigenvalue weighted by molar-refractivity contribution is 14.1. The zero-order valence-corrected chi connectivity index (χ0v) is 13.3. The SMILES string of the molecule is CCC(C)c1ccc(C(=O)c2ccc(I)cc2)cc1. The number of hydrogen-bond acceptors (Lipinski definition) is 1. The summed E-state index contributed by atoms with van der Waals surface area (Å²) in [5.41, 5.74) is 2.80. The van der Waals surface area contributed by atoms with E-state index in [1.54, 1.807) is 0 Å². The lowest BCUT2D eigenvalue weighted by Gasteiger charge is -2.09. The maximum absolute atomic E-state index is 12.3. The molecule has 19 heavy (non-hydrogen) atoms. The van der Waals surface area contributed by atoms with E-state index in [-0.39, 0.29) is 5.78 Å². The summed E-state index contributed by atoms with van der Waals surface area (Å²) in [5.74, 6) is 0.634. The number of rotatable bonds is 4. The molecule has 0 heterocycles. The van der Waals surface area contributed by atoms with Gasteiger partial charge in [-0.2, -0.15) is 0 Å². The third-order valence-electron chi connectivity index (χ3n) is 3.46. The molecule has 0 fully saturated rings. The molecule has 0 bridgehead atoms. The molecular weight excluding hydrogens is 347 g/mol. The van der Waals surface area contributed by atoms with Crippen molar-refractivity contribution in [2.75, 3.05) is 0 Å². The van der Waals surface area contributed by atoms with Crippen LogP contribution in [0.5, 0.6) is 0 Å². The van der Waals surface area contributed by atoms with Gasteiger partial charge in [0.25, 0.3) is 0 Å². The van der Waals surface area contributed by atoms with Gasteiger partial charge in [0.2, 0.25) is 0 Å². The van der Waals surface area contributed by atoms with Crippen LogP contribution >= 0.6 is 22.6 Å². The quantitative estimate of drug-likeness (QED) is 0.549. The summed E-state index contributed by atoms with van der Waals surface area (Å²) in [4.78, 5) is 12.3. The molecule has 0 N–H and O–H groups in total. The van der Waals surface area contributed by atoms with E-state index in [9.17, 15) is 4.79 Å². The molecule has 2 aromatic rings. The minimum Gasteiger partial charge on any atom is -0.289 e. The first-order chi connectivity index (χ1) is 9.11. The highest BCUT2D eigenvalue weighted by atomic mass is 127. The third kappa shape index (κ3) is 3.44. The molecule has 2 rings (SSSR count). The number of carbonyl (C=O) groups excluding carboxylic acids is 1. The van der Waals surface area contributed by atoms with E-state index in [2.05, 4.69) is 48.6 Å². The zero-order chi connectivity index (χ0) is 13.8. The first-order valence-electron chi connectivity index (χ1n) is 6.52. The highest BCUT2D eigenvalue weighted by Crippen LogP contribution is 2.20. The fraction of sp³-hybridized carbons (Fsp3) is 0.235. The van der Waals surface area contributed by atoms with E-state index in [0.717, 1.165) is 21.1 Å². The van der Waals surface area contributed by atoms with Gasteiger partial charge in [0.05, 0.1) is 0 Å². The van der Waals surface area contributed by atoms with Crippen molar-refractivity contribution in [1.29, 1.82) is 0 Å². The second-order valence-corrected chi connectivity index (χ2v) is 6.01. The van der Waals surface area contributed by atoms with Crippen LogP contribution in [0.25, 0.3) is 0 Å². The molecule has 1 atom stereocenters. The summed E-state index contributed by atoms with van der Waals surface area (Å²) in [5, 5.41) is 0. The number of halogens is 1. The Kier molecular flexibility index (Phi) is 4.75. The van der Waals surface area contributed by atoms with Gasteiger partial charge in [-0.1, -0.05) is 38.1 Å². The van der Waals surface area contributed by atoms with Crippen LogP contribution < -0.4 is 0 Å². The molecule has 2 aromatic carbocycles. The van der Waals surface area contributed by atoms with Crippen LogP contribution in [0.15, 0.2) is 48.5 Å². The van der Waals surface area contributed by atoms with Crippen molar-refractivity contribution in [3.05, 3.63) is 68.8 Å². The number of ketones is 1. The molecule has 0 radical (unpaired) electrons. The lowest BCUT2D eigenvalue weighted by atomic mass is 9.95. The second-order valence-electron chi connectivity index (χ2n) is 4.77. The Morgan fingerprint density at radius 1 is 1.00 bits per heavy atom. The third-order valence-corrected chi connectivity index (χ3v) is 4.18. The fourth-order valence-electron chi connectivity index (χ4n) is 1.97. The standard InChI is InChI=1S/C17H17IO/c1-3-12(2)13-4-6-14(7-5-13)17(19)15-8-10-16(18)11-9-15/h4-12H,3H2,1-2H3. The van der Waals surface area contributed by atoms with Gasteiger partial charge in [0.1, 0.15) is 0 Å². The van der Waals surface area contributed by atoms with Crippen molar-refractivity contribution >= 4 is 28.4 Å². The van der Waals surface area contributed by atoms with Gasteiger partial charge in [-0.05, 0) is 64.8 Å². The Hall–Kier alpha value is -1.16. The maximum atomic E-state index is 12.3. The van der Waals surface area contributed by atoms with Crippen LogP contribution in [-0.4, -0.2) is 5.78 Å². The Labute approximate surface area is 128 Å². The van der Waals surface area contributed by atoms with E-state index in [0.29, 0.717) is 5.92 Å². The summed E-state index contributed by atoms with van der Waals surface area (Å²) in [6.45, 7) is 4.38. The average Bonchev–Trinajstić information content (AvgIpc) is 2.46. The first-order valence-corrected chi connectivity index (χ1v) is 7.60. The van der Waals surface area contributed by atoms with Gasteiger partial charge in [0, 0.05) is 14.7 Å². The van der Waals surface area contributed by atoms with Gasteiger partial charge in [-0.3, -0.25) is 4.79 Å². The molecule has 1 unspecified atom stereocenters. The first kappa shape index (κ1) is 14.3. The summed E-state index contributed by atoms with van der Waals surface area (Å²) >= 11 is 2.24. The average molecular weight is 364 g/mol. The Morgan fingerprint density at radius 2 is 1.47 bits per heavy atom. The molecule has 98 valence electrons. The Bertz CT molecular complexity index is 555. The molecule has 0 aliphatic carbocycles. The number of hydrogen-bond donors (Lipinski definition) is 0. The van der Waals surface area contributed by atoms with Crippen LogP contribution in [0, 0.1) is 3.57 Å². The summed E-state index contributed by atoms with van der Waals surface area (Å²) in [6, 6.07) is 15.7. The van der Waals surface area contributed by atoms with Crippen molar-refractivity contribution in [3.63, 3.8) is 0 Å². The molecule has 0 amide bonds. The van der Waals surface area contributed by atoms with Crippen LogP contribution in [0.1, 0.15) is 47.7 Å². The lowest BCUT2D eigenvalue weighted by molar-refractivity contribution is 0.103. The van der Waals surface area contributed by atoms with Crippen LogP contribution in [0.4, 0.5) is 0 Å². The molecule has 0 spiro atoms. The number of carbonyl (C=O) groups is 1. The molecule has 0 aliphatic rings. The van der Waals surface area contributed by atoms with Gasteiger partial charge in [-0.15, -0.1) is 0 Å². The van der Waals surface area contributed by atoms with Crippen molar-refractivity contribution in [2.45, 2.75) is 26.2 Å². The van der Waals surface area contributed by atoms with Gasteiger partial charge < -0.3 is 0 Å². The highest BCUT2D eigenvalue weighted by Gasteiger charge is 2.09. The van der Waals surface area contributed by atoms with Gasteiger partial charge in [-0.25, -0.2) is 0 Å². The van der Waals surface area contributed by atoms with Crippen molar-refractivity contribution < 1.29 is 4.79 Å². The van der Waals surface area contributed by atoms with Crippen LogP contribution in [-0.2, 0) is 0 Å². The molecule has 2 heteroatoms. The topological polar surface area (TPSA) is 17.1 Å². The van der Waals surface area contributed by atoms with Gasteiger partial charge >= 0.3 is 0 Å². The largest absolute Gasteiger partial charge is 0.289 e. The van der Waals surface area contributed by atoms with E-state index < -0.39 is 0 Å². The zero-order valence-electron chi connectivity index (χ0n) is 11.2. The van der Waals surface area contributed by atoms with E-state index in [4.69, 9.17) is 0 Å². The monoisotopic (exact) mass is 364 g/mol. The van der Waals surface area contributed by atoms with Crippen molar-refractivity contribution in [1.82, 2.24) is 0 Å². The summed E-state index contributed by atoms with van der Waals surface area (Å²) in [7, 11) is 0. The normalized spacial score (nSPS) is 12.2.